The van der Waals surface area contributed by atoms with Crippen molar-refractivity contribution in [1.82, 2.24) is 4.90 Å². The summed E-state index contributed by atoms with van der Waals surface area (Å²) in [5.41, 5.74) is 0. The van der Waals surface area contributed by atoms with Crippen molar-refractivity contribution < 1.29 is 4.79 Å². The molecule has 2 nitrogen and oxygen atoms in total. The topological polar surface area (TPSA) is 20.3 Å². The number of alkyl halides is 1. The fourth-order valence-electron chi connectivity index (χ4n) is 0.391. The third-order valence-electron chi connectivity index (χ3n) is 0.780. The van der Waals surface area contributed by atoms with Gasteiger partial charge in [0, 0.05) is 6.20 Å². The Labute approximate surface area is 60.1 Å². The maximum atomic E-state index is 10.0. The first-order valence-electron chi connectivity index (χ1n) is 2.03. The van der Waals surface area contributed by atoms with E-state index >= 15 is 0 Å². The normalized spacial score (nSPS) is 26.6. The quantitative estimate of drug-likeness (QED) is 0.356. The van der Waals surface area contributed by atoms with Crippen LogP contribution in [0.25, 0.3) is 0 Å². The van der Waals surface area contributed by atoms with Gasteiger partial charge in [0.15, 0.2) is 0 Å². The van der Waals surface area contributed by atoms with E-state index in [1.165, 1.54) is 0 Å². The summed E-state index contributed by atoms with van der Waals surface area (Å²) in [5.74, 6) is 0. The minimum atomic E-state index is 0.111. The summed E-state index contributed by atoms with van der Waals surface area (Å²) in [6, 6.07) is 0. The summed E-state index contributed by atoms with van der Waals surface area (Å²) < 4.78 is 0.111. The van der Waals surface area contributed by atoms with Gasteiger partial charge in [0.25, 0.3) is 0 Å². The molecule has 1 atom stereocenters. The number of hydrogen-bond donors (Lipinski definition) is 0. The SMILES string of the molecule is O=CN1C=CSC1Br. The molecule has 0 saturated carbocycles. The Morgan fingerprint density at radius 1 is 1.88 bits per heavy atom. The third kappa shape index (κ3) is 1.06. The van der Waals surface area contributed by atoms with Gasteiger partial charge in [0.2, 0.25) is 6.41 Å². The molecule has 0 aromatic rings. The zero-order valence-corrected chi connectivity index (χ0v) is 6.35. The van der Waals surface area contributed by atoms with Gasteiger partial charge in [-0.15, -0.1) is 0 Å². The Hall–Kier alpha value is 0.0400. The molecule has 0 spiro atoms. The van der Waals surface area contributed by atoms with E-state index in [-0.39, 0.29) is 4.28 Å². The molecule has 1 aliphatic heterocycles. The van der Waals surface area contributed by atoms with Gasteiger partial charge < -0.3 is 0 Å². The van der Waals surface area contributed by atoms with Crippen LogP contribution in [0, 0.1) is 0 Å². The predicted molar refractivity (Wildman–Crippen MR) is 37.3 cm³/mol. The number of amides is 1. The van der Waals surface area contributed by atoms with E-state index in [1.807, 2.05) is 5.41 Å². The fourth-order valence-corrected chi connectivity index (χ4v) is 1.60. The zero-order valence-electron chi connectivity index (χ0n) is 3.95. The molecule has 1 aliphatic rings. The number of carbonyl (C=O) groups is 1. The van der Waals surface area contributed by atoms with Crippen LogP contribution in [0.1, 0.15) is 0 Å². The summed E-state index contributed by atoms with van der Waals surface area (Å²) in [5, 5.41) is 1.87. The van der Waals surface area contributed by atoms with Crippen LogP contribution in [0.3, 0.4) is 0 Å². The Kier molecular flexibility index (Phi) is 1.96. The molecule has 0 bridgehead atoms. The molecular formula is C4H4BrNOS. The highest BCUT2D eigenvalue weighted by Crippen LogP contribution is 2.27. The van der Waals surface area contributed by atoms with Gasteiger partial charge in [0.1, 0.15) is 4.28 Å². The number of halogens is 1. The molecule has 4 heteroatoms. The van der Waals surface area contributed by atoms with Crippen LogP contribution >= 0.6 is 27.7 Å². The van der Waals surface area contributed by atoms with Crippen LogP contribution in [0.15, 0.2) is 11.6 Å². The lowest BCUT2D eigenvalue weighted by Crippen LogP contribution is -2.16. The second-order valence-electron chi connectivity index (χ2n) is 1.27. The van der Waals surface area contributed by atoms with Crippen molar-refractivity contribution in [2.75, 3.05) is 0 Å². The molecule has 0 aliphatic carbocycles. The first-order chi connectivity index (χ1) is 3.84. The Morgan fingerprint density at radius 3 is 2.88 bits per heavy atom. The maximum Gasteiger partial charge on any atom is 0.215 e. The molecule has 0 N–H and O–H groups in total. The first-order valence-corrected chi connectivity index (χ1v) is 3.89. The lowest BCUT2D eigenvalue weighted by Gasteiger charge is -2.08. The van der Waals surface area contributed by atoms with Crippen LogP contribution < -0.4 is 0 Å². The van der Waals surface area contributed by atoms with Crippen LogP contribution in [0.5, 0.6) is 0 Å². The molecule has 8 heavy (non-hydrogen) atoms. The first kappa shape index (κ1) is 6.16. The van der Waals surface area contributed by atoms with E-state index in [2.05, 4.69) is 15.9 Å². The zero-order chi connectivity index (χ0) is 5.98. The van der Waals surface area contributed by atoms with Crippen LogP contribution in [-0.4, -0.2) is 15.6 Å². The molecule has 0 saturated heterocycles. The smallest absolute Gasteiger partial charge is 0.215 e. The van der Waals surface area contributed by atoms with Gasteiger partial charge in [-0.25, -0.2) is 0 Å². The Bertz CT molecular complexity index is 127. The molecule has 0 radical (unpaired) electrons. The summed E-state index contributed by atoms with van der Waals surface area (Å²) in [6.07, 6.45) is 2.52. The van der Waals surface area contributed by atoms with Crippen molar-refractivity contribution in [3.05, 3.63) is 11.6 Å². The largest absolute Gasteiger partial charge is 0.298 e. The molecule has 1 unspecified atom stereocenters. The van der Waals surface area contributed by atoms with Crippen molar-refractivity contribution in [3.8, 4) is 0 Å². The summed E-state index contributed by atoms with van der Waals surface area (Å²) >= 11 is 4.82. The summed E-state index contributed by atoms with van der Waals surface area (Å²) in [4.78, 5) is 11.6. The van der Waals surface area contributed by atoms with Gasteiger partial charge in [0.05, 0.1) is 0 Å². The van der Waals surface area contributed by atoms with E-state index < -0.39 is 0 Å². The minimum absolute atomic E-state index is 0.111. The molecule has 0 fully saturated rings. The van der Waals surface area contributed by atoms with Crippen molar-refractivity contribution in [1.29, 1.82) is 0 Å². The third-order valence-corrected chi connectivity index (χ3v) is 2.65. The monoisotopic (exact) mass is 193 g/mol. The average Bonchev–Trinajstić information content (AvgIpc) is 2.14. The second-order valence-corrected chi connectivity index (χ2v) is 3.73. The van der Waals surface area contributed by atoms with E-state index in [0.717, 1.165) is 6.41 Å². The van der Waals surface area contributed by atoms with E-state index in [9.17, 15) is 4.79 Å². The number of hydrogen-bond acceptors (Lipinski definition) is 2. The van der Waals surface area contributed by atoms with Crippen molar-refractivity contribution in [3.63, 3.8) is 0 Å². The van der Waals surface area contributed by atoms with Crippen molar-refractivity contribution >= 4 is 34.1 Å². The van der Waals surface area contributed by atoms with E-state index in [1.54, 1.807) is 22.9 Å². The molecular weight excluding hydrogens is 190 g/mol. The van der Waals surface area contributed by atoms with Crippen LogP contribution in [0.2, 0.25) is 0 Å². The maximum absolute atomic E-state index is 10.0. The lowest BCUT2D eigenvalue weighted by molar-refractivity contribution is -0.115. The lowest BCUT2D eigenvalue weighted by atomic mass is 10.8. The van der Waals surface area contributed by atoms with Crippen LogP contribution in [-0.2, 0) is 4.79 Å². The molecule has 1 amide bonds. The van der Waals surface area contributed by atoms with Gasteiger partial charge in [-0.1, -0.05) is 27.7 Å². The number of carbonyl (C=O) groups excluding carboxylic acids is 1. The summed E-state index contributed by atoms with van der Waals surface area (Å²) in [6.45, 7) is 0. The van der Waals surface area contributed by atoms with Gasteiger partial charge in [-0.2, -0.15) is 0 Å². The van der Waals surface area contributed by atoms with E-state index in [0.29, 0.717) is 0 Å². The second kappa shape index (κ2) is 2.55. The number of nitrogens with zero attached hydrogens (tertiary/aromatic N) is 1. The highest BCUT2D eigenvalue weighted by molar-refractivity contribution is 9.11. The van der Waals surface area contributed by atoms with E-state index in [4.69, 9.17) is 0 Å². The average molecular weight is 194 g/mol. The molecule has 0 aromatic carbocycles. The summed E-state index contributed by atoms with van der Waals surface area (Å²) in [7, 11) is 0. The Morgan fingerprint density at radius 2 is 2.62 bits per heavy atom. The van der Waals surface area contributed by atoms with Crippen molar-refractivity contribution in [2.24, 2.45) is 0 Å². The molecule has 0 aromatic heterocycles. The fraction of sp³-hybridized carbons (Fsp3) is 0.250. The molecule has 44 valence electrons. The van der Waals surface area contributed by atoms with Crippen molar-refractivity contribution in [2.45, 2.75) is 4.28 Å². The Balaban J connectivity index is 2.52. The highest BCUT2D eigenvalue weighted by atomic mass is 79.9. The van der Waals surface area contributed by atoms with Gasteiger partial charge in [-0.05, 0) is 5.41 Å². The number of rotatable bonds is 1. The minimum Gasteiger partial charge on any atom is -0.298 e. The van der Waals surface area contributed by atoms with Gasteiger partial charge >= 0.3 is 0 Å². The van der Waals surface area contributed by atoms with Gasteiger partial charge in [-0.3, -0.25) is 9.69 Å². The van der Waals surface area contributed by atoms with Crippen LogP contribution in [0.4, 0.5) is 0 Å². The molecule has 1 rings (SSSR count). The molecule has 1 heterocycles. The highest BCUT2D eigenvalue weighted by Gasteiger charge is 2.13. The standard InChI is InChI=1S/C4H4BrNOS/c5-4-6(3-7)1-2-8-4/h1-4H. The predicted octanol–water partition coefficient (Wildman–Crippen LogP) is 1.34. The number of thioether (sulfide) groups is 1.